The molecule has 7 heteroatoms. The van der Waals surface area contributed by atoms with E-state index in [2.05, 4.69) is 20.5 Å². The maximum absolute atomic E-state index is 11.9. The van der Waals surface area contributed by atoms with Gasteiger partial charge in [-0.05, 0) is 19.1 Å². The van der Waals surface area contributed by atoms with Crippen LogP contribution in [0.3, 0.4) is 0 Å². The quantitative estimate of drug-likeness (QED) is 0.745. The number of aromatic nitrogens is 5. The van der Waals surface area contributed by atoms with Crippen molar-refractivity contribution in [2.75, 3.05) is 6.61 Å². The number of nitrogens with one attached hydrogen (secondary N) is 1. The third-order valence-corrected chi connectivity index (χ3v) is 3.16. The Morgan fingerprint density at radius 2 is 2.09 bits per heavy atom. The van der Waals surface area contributed by atoms with E-state index in [9.17, 15) is 4.79 Å². The molecule has 2 aromatic heterocycles. The summed E-state index contributed by atoms with van der Waals surface area (Å²) in [5.41, 5.74) is 3.22. The summed E-state index contributed by atoms with van der Waals surface area (Å²) in [6.45, 7) is 2.04. The van der Waals surface area contributed by atoms with Crippen molar-refractivity contribution in [2.24, 2.45) is 7.05 Å². The number of benzene rings is 1. The molecule has 7 nitrogen and oxygen atoms in total. The van der Waals surface area contributed by atoms with Gasteiger partial charge in [0.25, 0.3) is 0 Å². The van der Waals surface area contributed by atoms with Crippen molar-refractivity contribution in [3.8, 4) is 22.5 Å². The maximum atomic E-state index is 11.9. The summed E-state index contributed by atoms with van der Waals surface area (Å²) in [7, 11) is 1.86. The second-order valence-electron chi connectivity index (χ2n) is 4.70. The first-order valence-corrected chi connectivity index (χ1v) is 6.87. The molecular weight excluding hydrogens is 282 g/mol. The highest BCUT2D eigenvalue weighted by atomic mass is 16.5. The molecule has 1 aromatic carbocycles. The Balaban J connectivity index is 2.00. The van der Waals surface area contributed by atoms with Crippen molar-refractivity contribution in [1.82, 2.24) is 25.2 Å². The van der Waals surface area contributed by atoms with E-state index in [4.69, 9.17) is 4.74 Å². The van der Waals surface area contributed by atoms with E-state index in [1.165, 1.54) is 0 Å². The highest BCUT2D eigenvalue weighted by molar-refractivity contribution is 5.94. The Hall–Kier alpha value is -2.96. The lowest BCUT2D eigenvalue weighted by Gasteiger charge is -2.03. The van der Waals surface area contributed by atoms with Gasteiger partial charge in [-0.3, -0.25) is 4.68 Å². The van der Waals surface area contributed by atoms with Crippen molar-refractivity contribution >= 4 is 5.97 Å². The highest BCUT2D eigenvalue weighted by Crippen LogP contribution is 2.25. The number of nitrogens with zero attached hydrogens (tertiary/aromatic N) is 4. The van der Waals surface area contributed by atoms with Crippen molar-refractivity contribution in [3.63, 3.8) is 0 Å². The normalized spacial score (nSPS) is 10.6. The van der Waals surface area contributed by atoms with Gasteiger partial charge in [0.05, 0.1) is 12.3 Å². The minimum Gasteiger partial charge on any atom is -0.461 e. The molecule has 1 N–H and O–H groups in total. The first-order valence-electron chi connectivity index (χ1n) is 6.87. The topological polar surface area (TPSA) is 85.7 Å². The zero-order valence-electron chi connectivity index (χ0n) is 12.3. The van der Waals surface area contributed by atoms with Gasteiger partial charge in [-0.1, -0.05) is 18.2 Å². The Kier molecular flexibility index (Phi) is 3.69. The third-order valence-electron chi connectivity index (χ3n) is 3.16. The number of esters is 1. The lowest BCUT2D eigenvalue weighted by Crippen LogP contribution is -2.06. The summed E-state index contributed by atoms with van der Waals surface area (Å²) in [5, 5.41) is 14.8. The molecule has 0 radical (unpaired) electrons. The molecule has 0 aliphatic carbocycles. The van der Waals surface area contributed by atoms with Gasteiger partial charge >= 0.3 is 5.97 Å². The summed E-state index contributed by atoms with van der Waals surface area (Å²) in [5.74, 6) is -0.491. The van der Waals surface area contributed by atoms with Crippen molar-refractivity contribution in [1.29, 1.82) is 0 Å². The van der Waals surface area contributed by atoms with Crippen LogP contribution in [0.25, 0.3) is 22.5 Å². The summed E-state index contributed by atoms with van der Waals surface area (Å²) in [6.07, 6.45) is 1.88. The lowest BCUT2D eigenvalue weighted by atomic mass is 10.0. The van der Waals surface area contributed by atoms with Gasteiger partial charge in [-0.25, -0.2) is 4.79 Å². The minimum atomic E-state index is -0.491. The molecule has 0 saturated heterocycles. The molecule has 112 valence electrons. The smallest absolute Gasteiger partial charge is 0.361 e. The summed E-state index contributed by atoms with van der Waals surface area (Å²) < 4.78 is 6.73. The summed E-state index contributed by atoms with van der Waals surface area (Å²) >= 11 is 0. The predicted octanol–water partition coefficient (Wildman–Crippen LogP) is 2.05. The standard InChI is InChI=1S/C15H15N5O2/c1-3-22-15(21)14-13(16-19-17-14)11-6-4-5-10(9-11)12-7-8-20(2)18-12/h4-9H,3H2,1-2H3,(H,16,17,19). The summed E-state index contributed by atoms with van der Waals surface area (Å²) in [6, 6.07) is 9.56. The first kappa shape index (κ1) is 14.0. The number of H-pyrrole nitrogens is 1. The predicted molar refractivity (Wildman–Crippen MR) is 80.0 cm³/mol. The molecule has 3 rings (SSSR count). The van der Waals surface area contributed by atoms with Crippen LogP contribution in [-0.2, 0) is 11.8 Å². The molecule has 0 unspecified atom stereocenters. The van der Waals surface area contributed by atoms with Crippen LogP contribution >= 0.6 is 0 Å². The van der Waals surface area contributed by atoms with E-state index in [0.29, 0.717) is 12.3 Å². The lowest BCUT2D eigenvalue weighted by molar-refractivity contribution is 0.0520. The van der Waals surface area contributed by atoms with Crippen LogP contribution in [0.2, 0.25) is 0 Å². The van der Waals surface area contributed by atoms with Crippen molar-refractivity contribution in [2.45, 2.75) is 6.92 Å². The van der Waals surface area contributed by atoms with Gasteiger partial charge < -0.3 is 4.74 Å². The second kappa shape index (κ2) is 5.80. The fourth-order valence-corrected chi connectivity index (χ4v) is 2.17. The zero-order chi connectivity index (χ0) is 15.5. The molecule has 0 aliphatic heterocycles. The van der Waals surface area contributed by atoms with E-state index in [1.807, 2.05) is 43.6 Å². The number of carbonyl (C=O) groups is 1. The average molecular weight is 297 g/mol. The van der Waals surface area contributed by atoms with Crippen LogP contribution in [0.4, 0.5) is 0 Å². The van der Waals surface area contributed by atoms with Gasteiger partial charge in [-0.15, -0.1) is 5.10 Å². The third kappa shape index (κ3) is 2.60. The number of aromatic amines is 1. The molecule has 0 aliphatic rings. The number of ether oxygens (including phenoxy) is 1. The molecule has 0 amide bonds. The van der Waals surface area contributed by atoms with Crippen LogP contribution < -0.4 is 0 Å². The highest BCUT2D eigenvalue weighted by Gasteiger charge is 2.19. The first-order chi connectivity index (χ1) is 10.7. The second-order valence-corrected chi connectivity index (χ2v) is 4.70. The Morgan fingerprint density at radius 3 is 2.82 bits per heavy atom. The molecular formula is C15H15N5O2. The molecule has 0 atom stereocenters. The van der Waals surface area contributed by atoms with Gasteiger partial charge in [0.1, 0.15) is 5.69 Å². The zero-order valence-corrected chi connectivity index (χ0v) is 12.3. The summed E-state index contributed by atoms with van der Waals surface area (Å²) in [4.78, 5) is 11.9. The molecule has 22 heavy (non-hydrogen) atoms. The molecule has 0 fully saturated rings. The van der Waals surface area contributed by atoms with Gasteiger partial charge in [0.2, 0.25) is 0 Å². The number of carbonyl (C=O) groups excluding carboxylic acids is 1. The molecule has 2 heterocycles. The van der Waals surface area contributed by atoms with Crippen LogP contribution in [0.15, 0.2) is 36.5 Å². The monoisotopic (exact) mass is 297 g/mol. The van der Waals surface area contributed by atoms with Crippen LogP contribution in [0, 0.1) is 0 Å². The Labute approximate surface area is 126 Å². The van der Waals surface area contributed by atoms with E-state index in [-0.39, 0.29) is 5.69 Å². The largest absolute Gasteiger partial charge is 0.461 e. The Bertz CT molecular complexity index is 806. The van der Waals surface area contributed by atoms with Crippen molar-refractivity contribution < 1.29 is 9.53 Å². The van der Waals surface area contributed by atoms with Gasteiger partial charge in [0.15, 0.2) is 5.69 Å². The maximum Gasteiger partial charge on any atom is 0.361 e. The van der Waals surface area contributed by atoms with Gasteiger partial charge in [0, 0.05) is 24.4 Å². The fraction of sp³-hybridized carbons (Fsp3) is 0.200. The van der Waals surface area contributed by atoms with Crippen LogP contribution in [-0.4, -0.2) is 37.8 Å². The number of hydrogen-bond acceptors (Lipinski definition) is 5. The average Bonchev–Trinajstić information content (AvgIpc) is 3.16. The van der Waals surface area contributed by atoms with E-state index < -0.39 is 5.97 Å². The fourth-order valence-electron chi connectivity index (χ4n) is 2.17. The van der Waals surface area contributed by atoms with E-state index in [1.54, 1.807) is 11.6 Å². The van der Waals surface area contributed by atoms with E-state index in [0.717, 1.165) is 16.8 Å². The van der Waals surface area contributed by atoms with Gasteiger partial charge in [-0.2, -0.15) is 15.4 Å². The SMILES string of the molecule is CCOC(=O)c1n[nH]nc1-c1cccc(-c2ccn(C)n2)c1. The van der Waals surface area contributed by atoms with E-state index >= 15 is 0 Å². The number of aryl methyl sites for hydroxylation is 1. The number of rotatable bonds is 4. The minimum absolute atomic E-state index is 0.181. The molecule has 0 saturated carbocycles. The molecule has 0 spiro atoms. The van der Waals surface area contributed by atoms with Crippen LogP contribution in [0.5, 0.6) is 0 Å². The molecule has 0 bridgehead atoms. The van der Waals surface area contributed by atoms with Crippen molar-refractivity contribution in [3.05, 3.63) is 42.2 Å². The Morgan fingerprint density at radius 1 is 1.27 bits per heavy atom. The number of hydrogen-bond donors (Lipinski definition) is 1. The van der Waals surface area contributed by atoms with Crippen LogP contribution in [0.1, 0.15) is 17.4 Å². The molecule has 3 aromatic rings.